The molecule has 0 bridgehead atoms. The fraction of sp³-hybridized carbons (Fsp3) is 0.438. The first kappa shape index (κ1) is 14.6. The van der Waals surface area contributed by atoms with Gasteiger partial charge < -0.3 is 10.4 Å². The van der Waals surface area contributed by atoms with Crippen LogP contribution in [0.5, 0.6) is 0 Å². The molecule has 0 aromatic heterocycles. The standard InChI is InChI=1S/C16H18N2O4/c1-9-3-2-4-10(7-9)5-6-16(12-8-11(12)13(19)20)14(21)17-15(22)18-16/h2-4,7,11-12H,5-6,8H2,1H3,(H,19,20)(H2,17,18,21,22)/t11-,12-,16+/m0/s1. The third-order valence-corrected chi connectivity index (χ3v) is 4.60. The minimum absolute atomic E-state index is 0.332. The highest BCUT2D eigenvalue weighted by Gasteiger charge is 2.62. The summed E-state index contributed by atoms with van der Waals surface area (Å²) in [7, 11) is 0. The molecule has 2 aliphatic rings. The van der Waals surface area contributed by atoms with E-state index in [1.807, 2.05) is 31.2 Å². The van der Waals surface area contributed by atoms with Crippen LogP contribution in [0.2, 0.25) is 0 Å². The lowest BCUT2D eigenvalue weighted by Gasteiger charge is -2.26. The first-order valence-electron chi connectivity index (χ1n) is 7.34. The van der Waals surface area contributed by atoms with Crippen molar-refractivity contribution in [1.82, 2.24) is 10.6 Å². The van der Waals surface area contributed by atoms with Crippen molar-refractivity contribution in [1.29, 1.82) is 0 Å². The Morgan fingerprint density at radius 3 is 2.73 bits per heavy atom. The number of carboxylic acids is 1. The highest BCUT2D eigenvalue weighted by Crippen LogP contribution is 2.49. The van der Waals surface area contributed by atoms with Gasteiger partial charge in [-0.15, -0.1) is 0 Å². The number of imide groups is 1. The highest BCUT2D eigenvalue weighted by molar-refractivity contribution is 6.07. The Kier molecular flexibility index (Phi) is 3.39. The molecule has 22 heavy (non-hydrogen) atoms. The van der Waals surface area contributed by atoms with E-state index < -0.39 is 29.4 Å². The second-order valence-electron chi connectivity index (χ2n) is 6.16. The van der Waals surface area contributed by atoms with E-state index in [4.69, 9.17) is 5.11 Å². The average Bonchev–Trinajstić information content (AvgIpc) is 3.19. The quantitative estimate of drug-likeness (QED) is 0.713. The Labute approximate surface area is 127 Å². The van der Waals surface area contributed by atoms with E-state index in [9.17, 15) is 14.4 Å². The SMILES string of the molecule is Cc1cccc(CC[C@]2([C@H]3C[C@@H]3C(=O)O)NC(=O)NC2=O)c1. The number of nitrogens with one attached hydrogen (secondary N) is 2. The zero-order valence-electron chi connectivity index (χ0n) is 12.3. The van der Waals surface area contributed by atoms with Crippen molar-refractivity contribution in [3.8, 4) is 0 Å². The van der Waals surface area contributed by atoms with Crippen LogP contribution in [-0.4, -0.2) is 28.6 Å². The Hall–Kier alpha value is -2.37. The van der Waals surface area contributed by atoms with Gasteiger partial charge >= 0.3 is 12.0 Å². The Morgan fingerprint density at radius 2 is 2.18 bits per heavy atom. The summed E-state index contributed by atoms with van der Waals surface area (Å²) in [6.07, 6.45) is 1.44. The van der Waals surface area contributed by atoms with Crippen molar-refractivity contribution in [3.05, 3.63) is 35.4 Å². The van der Waals surface area contributed by atoms with Crippen LogP contribution in [0.4, 0.5) is 4.79 Å². The number of carbonyl (C=O) groups is 3. The number of aliphatic carboxylic acids is 1. The molecule has 0 radical (unpaired) electrons. The number of benzene rings is 1. The number of aryl methyl sites for hydroxylation is 2. The van der Waals surface area contributed by atoms with Crippen LogP contribution < -0.4 is 10.6 Å². The molecule has 3 amide bonds. The van der Waals surface area contributed by atoms with E-state index in [2.05, 4.69) is 10.6 Å². The van der Waals surface area contributed by atoms with Gasteiger partial charge in [0, 0.05) is 5.92 Å². The Morgan fingerprint density at radius 1 is 1.41 bits per heavy atom. The van der Waals surface area contributed by atoms with Crippen molar-refractivity contribution in [3.63, 3.8) is 0 Å². The molecule has 1 heterocycles. The molecule has 2 fully saturated rings. The molecular formula is C16H18N2O4. The molecule has 1 saturated carbocycles. The second-order valence-corrected chi connectivity index (χ2v) is 6.16. The van der Waals surface area contributed by atoms with Crippen molar-refractivity contribution in [2.45, 2.75) is 31.7 Å². The third-order valence-electron chi connectivity index (χ3n) is 4.60. The van der Waals surface area contributed by atoms with Crippen LogP contribution in [0.15, 0.2) is 24.3 Å². The highest BCUT2D eigenvalue weighted by atomic mass is 16.4. The summed E-state index contributed by atoms with van der Waals surface area (Å²) in [5.41, 5.74) is 1.10. The molecule has 0 unspecified atom stereocenters. The van der Waals surface area contributed by atoms with Crippen LogP contribution in [-0.2, 0) is 16.0 Å². The molecule has 1 saturated heterocycles. The lowest BCUT2D eigenvalue weighted by molar-refractivity contribution is -0.139. The smallest absolute Gasteiger partial charge is 0.322 e. The Bertz CT molecular complexity index is 657. The van der Waals surface area contributed by atoms with Crippen LogP contribution >= 0.6 is 0 Å². The fourth-order valence-corrected chi connectivity index (χ4v) is 3.35. The van der Waals surface area contributed by atoms with Gasteiger partial charge in [-0.2, -0.15) is 0 Å². The van der Waals surface area contributed by atoms with Crippen molar-refractivity contribution >= 4 is 17.9 Å². The molecule has 3 atom stereocenters. The van der Waals surface area contributed by atoms with Gasteiger partial charge in [-0.1, -0.05) is 29.8 Å². The van der Waals surface area contributed by atoms with E-state index in [1.165, 1.54) is 0 Å². The minimum atomic E-state index is -1.09. The molecule has 1 aliphatic heterocycles. The van der Waals surface area contributed by atoms with Gasteiger partial charge in [0.2, 0.25) is 0 Å². The monoisotopic (exact) mass is 302 g/mol. The van der Waals surface area contributed by atoms with E-state index >= 15 is 0 Å². The van der Waals surface area contributed by atoms with E-state index in [0.717, 1.165) is 11.1 Å². The molecule has 1 aromatic carbocycles. The number of hydrogen-bond acceptors (Lipinski definition) is 3. The maximum atomic E-state index is 12.3. The summed E-state index contributed by atoms with van der Waals surface area (Å²) in [5, 5.41) is 14.1. The van der Waals surface area contributed by atoms with Gasteiger partial charge in [-0.05, 0) is 31.7 Å². The van der Waals surface area contributed by atoms with Crippen LogP contribution in [0.25, 0.3) is 0 Å². The molecule has 6 heteroatoms. The van der Waals surface area contributed by atoms with Gasteiger partial charge in [0.05, 0.1) is 5.92 Å². The number of rotatable bonds is 5. The zero-order chi connectivity index (χ0) is 15.9. The molecule has 0 spiro atoms. The van der Waals surface area contributed by atoms with Gasteiger partial charge in [0.15, 0.2) is 0 Å². The first-order chi connectivity index (χ1) is 10.4. The van der Waals surface area contributed by atoms with Crippen molar-refractivity contribution in [2.24, 2.45) is 11.8 Å². The van der Waals surface area contributed by atoms with Crippen LogP contribution in [0.3, 0.4) is 0 Å². The number of urea groups is 1. The summed E-state index contributed by atoms with van der Waals surface area (Å²) >= 11 is 0. The minimum Gasteiger partial charge on any atom is -0.481 e. The lowest BCUT2D eigenvalue weighted by Crippen LogP contribution is -2.50. The fourth-order valence-electron chi connectivity index (χ4n) is 3.35. The molecule has 3 rings (SSSR count). The maximum Gasteiger partial charge on any atom is 0.322 e. The van der Waals surface area contributed by atoms with E-state index in [-0.39, 0.29) is 5.92 Å². The van der Waals surface area contributed by atoms with Gasteiger partial charge in [-0.3, -0.25) is 14.9 Å². The lowest BCUT2D eigenvalue weighted by atomic mass is 9.85. The molecule has 1 aromatic rings. The number of hydrogen-bond donors (Lipinski definition) is 3. The first-order valence-corrected chi connectivity index (χ1v) is 7.34. The predicted octanol–water partition coefficient (Wildman–Crippen LogP) is 1.23. The zero-order valence-corrected chi connectivity index (χ0v) is 12.3. The summed E-state index contributed by atoms with van der Waals surface area (Å²) in [6.45, 7) is 1.99. The largest absolute Gasteiger partial charge is 0.481 e. The number of amides is 3. The average molecular weight is 302 g/mol. The molecule has 6 nitrogen and oxygen atoms in total. The second kappa shape index (κ2) is 5.12. The van der Waals surface area contributed by atoms with E-state index in [0.29, 0.717) is 19.3 Å². The molecule has 3 N–H and O–H groups in total. The summed E-state index contributed by atoms with van der Waals surface area (Å²) < 4.78 is 0. The van der Waals surface area contributed by atoms with Gasteiger partial charge in [0.1, 0.15) is 5.54 Å². The van der Waals surface area contributed by atoms with E-state index in [1.54, 1.807) is 0 Å². The van der Waals surface area contributed by atoms with Crippen LogP contribution in [0.1, 0.15) is 24.0 Å². The van der Waals surface area contributed by atoms with Crippen LogP contribution in [0, 0.1) is 18.8 Å². The predicted molar refractivity (Wildman–Crippen MR) is 78.1 cm³/mol. The molecule has 1 aliphatic carbocycles. The topological polar surface area (TPSA) is 95.5 Å². The maximum absolute atomic E-state index is 12.3. The van der Waals surface area contributed by atoms with Crippen molar-refractivity contribution < 1.29 is 19.5 Å². The number of carboxylic acid groups (broad SMARTS) is 1. The summed E-state index contributed by atoms with van der Waals surface area (Å²) in [4.78, 5) is 34.9. The number of carbonyl (C=O) groups excluding carboxylic acids is 2. The third kappa shape index (κ3) is 2.45. The Balaban J connectivity index is 1.80. The summed E-state index contributed by atoms with van der Waals surface area (Å²) in [5.74, 6) is -2.20. The van der Waals surface area contributed by atoms with Gasteiger partial charge in [0.25, 0.3) is 5.91 Å². The summed E-state index contributed by atoms with van der Waals surface area (Å²) in [6, 6.07) is 7.40. The molecule has 116 valence electrons. The van der Waals surface area contributed by atoms with Crippen molar-refractivity contribution in [2.75, 3.05) is 0 Å². The molecular weight excluding hydrogens is 284 g/mol. The normalized spacial score (nSPS) is 29.9. The van der Waals surface area contributed by atoms with Gasteiger partial charge in [-0.25, -0.2) is 4.79 Å².